The van der Waals surface area contributed by atoms with Crippen molar-refractivity contribution in [3.63, 3.8) is 0 Å². The van der Waals surface area contributed by atoms with E-state index in [1.807, 2.05) is 0 Å². The third kappa shape index (κ3) is 6.54. The van der Waals surface area contributed by atoms with Crippen molar-refractivity contribution >= 4 is 28.3 Å². The van der Waals surface area contributed by atoms with E-state index in [1.165, 1.54) is 29.5 Å². The minimum absolute atomic E-state index is 0.00677. The highest BCUT2D eigenvalue weighted by atomic mass is 32.1. The van der Waals surface area contributed by atoms with Crippen LogP contribution >= 0.6 is 11.3 Å². The molecule has 1 aliphatic rings. The first-order chi connectivity index (χ1) is 17.9. The second-order valence-electron chi connectivity index (χ2n) is 9.43. The molecule has 2 atom stereocenters. The molecule has 204 valence electrons. The van der Waals surface area contributed by atoms with Gasteiger partial charge in [-0.05, 0) is 56.5 Å². The molecule has 0 saturated carbocycles. The summed E-state index contributed by atoms with van der Waals surface area (Å²) in [6, 6.07) is 3.92. The number of aliphatic carboxylic acids is 1. The molecule has 38 heavy (non-hydrogen) atoms. The van der Waals surface area contributed by atoms with Crippen LogP contribution in [-0.2, 0) is 17.6 Å². The van der Waals surface area contributed by atoms with Gasteiger partial charge in [-0.25, -0.2) is 23.7 Å². The summed E-state index contributed by atoms with van der Waals surface area (Å²) in [5.41, 5.74) is -2.47. The van der Waals surface area contributed by atoms with Crippen LogP contribution in [0.5, 0.6) is 5.88 Å². The molecule has 0 bridgehead atoms. The molecular formula is C24H24F5N5O3S. The number of nitrogens with one attached hydrogen (secondary N) is 2. The van der Waals surface area contributed by atoms with Crippen molar-refractivity contribution in [3.05, 3.63) is 58.9 Å². The minimum Gasteiger partial charge on any atom is -0.481 e. The average molecular weight is 558 g/mol. The van der Waals surface area contributed by atoms with Crippen molar-refractivity contribution in [2.45, 2.75) is 44.3 Å². The van der Waals surface area contributed by atoms with Gasteiger partial charge in [-0.2, -0.15) is 13.2 Å². The highest BCUT2D eigenvalue weighted by Gasteiger charge is 2.48. The Hall–Kier alpha value is -3.39. The van der Waals surface area contributed by atoms with Gasteiger partial charge in [0.2, 0.25) is 0 Å². The lowest BCUT2D eigenvalue weighted by atomic mass is 9.67. The van der Waals surface area contributed by atoms with E-state index in [1.54, 1.807) is 18.5 Å². The van der Waals surface area contributed by atoms with E-state index in [9.17, 15) is 31.9 Å². The molecule has 3 aromatic rings. The summed E-state index contributed by atoms with van der Waals surface area (Å²) < 4.78 is 71.8. The van der Waals surface area contributed by atoms with Crippen LogP contribution in [0.25, 0.3) is 0 Å². The summed E-state index contributed by atoms with van der Waals surface area (Å²) in [6.45, 7) is 0.211. The molecular weight excluding hydrogens is 533 g/mol. The van der Waals surface area contributed by atoms with Crippen molar-refractivity contribution < 1.29 is 36.6 Å². The molecule has 0 aliphatic carbocycles. The van der Waals surface area contributed by atoms with Gasteiger partial charge in [0.1, 0.15) is 11.6 Å². The molecule has 1 aliphatic heterocycles. The van der Waals surface area contributed by atoms with Crippen LogP contribution in [0.3, 0.4) is 0 Å². The summed E-state index contributed by atoms with van der Waals surface area (Å²) in [6.07, 6.45) is -2.12. The summed E-state index contributed by atoms with van der Waals surface area (Å²) >= 11 is 1.32. The van der Waals surface area contributed by atoms with Gasteiger partial charge in [0.25, 0.3) is 5.88 Å². The van der Waals surface area contributed by atoms with Gasteiger partial charge in [0, 0.05) is 29.7 Å². The second-order valence-corrected chi connectivity index (χ2v) is 10.3. The number of carboxylic acids is 1. The number of aromatic nitrogens is 3. The van der Waals surface area contributed by atoms with Crippen molar-refractivity contribution in [2.75, 3.05) is 18.5 Å². The highest BCUT2D eigenvalue weighted by Crippen LogP contribution is 2.41. The number of thiazole rings is 1. The Morgan fingerprint density at radius 3 is 2.68 bits per heavy atom. The summed E-state index contributed by atoms with van der Waals surface area (Å²) in [7, 11) is 0. The predicted octanol–water partition coefficient (Wildman–Crippen LogP) is 4.89. The van der Waals surface area contributed by atoms with Crippen LogP contribution in [0.4, 0.5) is 32.9 Å². The van der Waals surface area contributed by atoms with E-state index in [-0.39, 0.29) is 43.5 Å². The van der Waals surface area contributed by atoms with E-state index in [0.717, 1.165) is 6.20 Å². The van der Waals surface area contributed by atoms with Crippen LogP contribution < -0.4 is 15.4 Å². The zero-order valence-electron chi connectivity index (χ0n) is 20.1. The van der Waals surface area contributed by atoms with Gasteiger partial charge in [-0.1, -0.05) is 0 Å². The van der Waals surface area contributed by atoms with Gasteiger partial charge in [0.05, 0.1) is 11.1 Å². The fraction of sp³-hybridized carbons (Fsp3) is 0.417. The van der Waals surface area contributed by atoms with Crippen LogP contribution in [0.2, 0.25) is 0 Å². The number of halogens is 5. The Kier molecular flexibility index (Phi) is 7.83. The maximum atomic E-state index is 15.0. The lowest BCUT2D eigenvalue weighted by Crippen LogP contribution is -2.57. The number of carbonyl (C=O) groups is 1. The van der Waals surface area contributed by atoms with Gasteiger partial charge >= 0.3 is 12.1 Å². The summed E-state index contributed by atoms with van der Waals surface area (Å²) in [5, 5.41) is 18.7. The normalized spacial score (nSPS) is 21.7. The Morgan fingerprint density at radius 1 is 1.21 bits per heavy atom. The van der Waals surface area contributed by atoms with Crippen molar-refractivity contribution in [2.24, 2.45) is 5.41 Å². The zero-order valence-corrected chi connectivity index (χ0v) is 20.9. The Morgan fingerprint density at radius 2 is 2.00 bits per heavy atom. The van der Waals surface area contributed by atoms with Crippen LogP contribution in [0, 0.1) is 17.0 Å². The molecule has 0 aromatic carbocycles. The fourth-order valence-corrected chi connectivity index (χ4v) is 5.23. The largest absolute Gasteiger partial charge is 0.481 e. The quantitative estimate of drug-likeness (QED) is 0.319. The summed E-state index contributed by atoms with van der Waals surface area (Å²) in [5.74, 6) is -3.37. The van der Waals surface area contributed by atoms with Crippen molar-refractivity contribution in [1.82, 2.24) is 20.3 Å². The number of carboxylic acid groups (broad SMARTS) is 1. The van der Waals surface area contributed by atoms with Gasteiger partial charge in [0.15, 0.2) is 17.6 Å². The van der Waals surface area contributed by atoms with Crippen molar-refractivity contribution in [1.29, 1.82) is 0 Å². The summed E-state index contributed by atoms with van der Waals surface area (Å²) in [4.78, 5) is 24.5. The molecule has 0 amide bonds. The zero-order chi connectivity index (χ0) is 27.6. The molecule has 1 fully saturated rings. The number of nitrogens with zero attached hydrogens (tertiary/aromatic N) is 3. The number of hydrogen-bond donors (Lipinski definition) is 3. The van der Waals surface area contributed by atoms with Gasteiger partial charge in [-0.15, -0.1) is 11.3 Å². The maximum Gasteiger partial charge on any atom is 0.422 e. The first kappa shape index (κ1) is 27.6. The molecule has 3 N–H and O–H groups in total. The maximum absolute atomic E-state index is 15.0. The second kappa shape index (κ2) is 10.8. The number of ether oxygens (including phenoxy) is 1. The molecule has 1 saturated heterocycles. The lowest BCUT2D eigenvalue weighted by Gasteiger charge is -2.45. The topological polar surface area (TPSA) is 109 Å². The third-order valence-electron chi connectivity index (χ3n) is 6.32. The monoisotopic (exact) mass is 557 g/mol. The molecule has 0 radical (unpaired) electrons. The Labute approximate surface area is 218 Å². The molecule has 3 aromatic heterocycles. The first-order valence-corrected chi connectivity index (χ1v) is 12.4. The van der Waals surface area contributed by atoms with E-state index >= 15 is 0 Å². The molecule has 4 heterocycles. The number of pyridine rings is 2. The van der Waals surface area contributed by atoms with Crippen LogP contribution in [0.15, 0.2) is 36.0 Å². The van der Waals surface area contributed by atoms with Gasteiger partial charge < -0.3 is 20.5 Å². The van der Waals surface area contributed by atoms with Gasteiger partial charge in [-0.3, -0.25) is 4.79 Å². The predicted molar refractivity (Wildman–Crippen MR) is 128 cm³/mol. The van der Waals surface area contributed by atoms with Crippen molar-refractivity contribution in [3.8, 4) is 5.88 Å². The number of hydrogen-bond acceptors (Lipinski definition) is 8. The standard InChI is InChI=1S/C24H24F5N5O3S/c1-22(10-14-4-6-30-19(18(14)26)37-13-24(27,28)29)12-23(20(35)36,5-7-32-22)11-16-15(25)2-3-17(33-16)34-21-31-8-9-38-21/h2-4,6,8-9,32H,5,7,10-13H2,1H3,(H,35,36)(H,31,33,34). The molecule has 0 spiro atoms. The van der Waals surface area contributed by atoms with E-state index in [4.69, 9.17) is 0 Å². The molecule has 4 rings (SSSR count). The molecule has 14 heteroatoms. The lowest BCUT2D eigenvalue weighted by molar-refractivity contribution is -0.154. The third-order valence-corrected chi connectivity index (χ3v) is 7.01. The number of alkyl halides is 3. The van der Waals surface area contributed by atoms with Crippen LogP contribution in [0.1, 0.15) is 31.0 Å². The molecule has 2 unspecified atom stereocenters. The Balaban J connectivity index is 1.56. The molecule has 8 nitrogen and oxygen atoms in total. The van der Waals surface area contributed by atoms with Crippen LogP contribution in [-0.4, -0.2) is 50.9 Å². The van der Waals surface area contributed by atoms with E-state index in [0.29, 0.717) is 10.9 Å². The van der Waals surface area contributed by atoms with E-state index < -0.39 is 47.2 Å². The SMILES string of the molecule is CC1(Cc2ccnc(OCC(F)(F)F)c2F)CC(Cc2nc(Nc3nccs3)ccc2F)(C(=O)O)CCN1. The van der Waals surface area contributed by atoms with E-state index in [2.05, 4.69) is 30.3 Å². The number of anilines is 2. The fourth-order valence-electron chi connectivity index (χ4n) is 4.70. The smallest absolute Gasteiger partial charge is 0.422 e. The first-order valence-electron chi connectivity index (χ1n) is 11.5. The average Bonchev–Trinajstić information content (AvgIpc) is 3.34. The highest BCUT2D eigenvalue weighted by molar-refractivity contribution is 7.13. The Bertz CT molecular complexity index is 1290. The number of piperidine rings is 1. The number of rotatable bonds is 9. The minimum atomic E-state index is -4.67.